The summed E-state index contributed by atoms with van der Waals surface area (Å²) < 4.78 is 49.0. The highest BCUT2D eigenvalue weighted by Crippen LogP contribution is 2.23. The number of nitrogens with zero attached hydrogens (tertiary/aromatic N) is 2. The molecule has 0 saturated carbocycles. The van der Waals surface area contributed by atoms with Crippen LogP contribution in [0, 0.1) is 6.92 Å². The van der Waals surface area contributed by atoms with E-state index in [1.54, 1.807) is 26.1 Å². The standard InChI is InChI=1S/C15H22N2O5S2/c1-11-5-6-12(9-14(11)24(21,22)16(2)3)15(18)17(4)13-7-8-23(19,20)10-13/h5-6,9,13H,7-8,10H2,1-4H3. The molecule has 9 heteroatoms. The molecule has 1 saturated heterocycles. The predicted molar refractivity (Wildman–Crippen MR) is 91.2 cm³/mol. The molecule has 0 radical (unpaired) electrons. The minimum Gasteiger partial charge on any atom is -0.338 e. The summed E-state index contributed by atoms with van der Waals surface area (Å²) in [6.07, 6.45) is 0.402. The van der Waals surface area contributed by atoms with Gasteiger partial charge in [0.25, 0.3) is 5.91 Å². The first-order valence-corrected chi connectivity index (χ1v) is 10.7. The van der Waals surface area contributed by atoms with Gasteiger partial charge in [-0.25, -0.2) is 21.1 Å². The van der Waals surface area contributed by atoms with Gasteiger partial charge in [-0.1, -0.05) is 6.07 Å². The van der Waals surface area contributed by atoms with Gasteiger partial charge in [-0.05, 0) is 31.0 Å². The Labute approximate surface area is 143 Å². The zero-order valence-electron chi connectivity index (χ0n) is 14.2. The number of hydrogen-bond acceptors (Lipinski definition) is 5. The van der Waals surface area contributed by atoms with Crippen molar-refractivity contribution in [1.29, 1.82) is 0 Å². The molecule has 1 aromatic carbocycles. The van der Waals surface area contributed by atoms with Gasteiger partial charge in [0.15, 0.2) is 9.84 Å². The summed E-state index contributed by atoms with van der Waals surface area (Å²) in [5.74, 6) is -0.361. The van der Waals surface area contributed by atoms with Gasteiger partial charge in [0.05, 0.1) is 16.4 Å². The summed E-state index contributed by atoms with van der Waals surface area (Å²) in [6, 6.07) is 4.12. The Balaban J connectivity index is 2.34. The normalized spacial score (nSPS) is 20.3. The maximum absolute atomic E-state index is 12.6. The van der Waals surface area contributed by atoms with Crippen molar-refractivity contribution in [3.05, 3.63) is 29.3 Å². The topological polar surface area (TPSA) is 91.8 Å². The molecule has 1 aromatic rings. The van der Waals surface area contributed by atoms with E-state index in [-0.39, 0.29) is 33.9 Å². The largest absolute Gasteiger partial charge is 0.338 e. The van der Waals surface area contributed by atoms with Crippen LogP contribution >= 0.6 is 0 Å². The Hall–Kier alpha value is -1.45. The van der Waals surface area contributed by atoms with Crippen molar-refractivity contribution in [1.82, 2.24) is 9.21 Å². The zero-order valence-corrected chi connectivity index (χ0v) is 15.8. The number of sulfonamides is 1. The monoisotopic (exact) mass is 374 g/mol. The van der Waals surface area contributed by atoms with Gasteiger partial charge in [0.2, 0.25) is 10.0 Å². The molecule has 1 aliphatic heterocycles. The smallest absolute Gasteiger partial charge is 0.253 e. The minimum atomic E-state index is -3.66. The lowest BCUT2D eigenvalue weighted by atomic mass is 10.1. The van der Waals surface area contributed by atoms with E-state index in [1.807, 2.05) is 0 Å². The fourth-order valence-electron chi connectivity index (χ4n) is 2.66. The van der Waals surface area contributed by atoms with Gasteiger partial charge in [-0.2, -0.15) is 0 Å². The third kappa shape index (κ3) is 3.62. The summed E-state index contributed by atoms with van der Waals surface area (Å²) >= 11 is 0. The maximum Gasteiger partial charge on any atom is 0.253 e. The van der Waals surface area contributed by atoms with E-state index in [4.69, 9.17) is 0 Å². The predicted octanol–water partition coefficient (Wildman–Crippen LogP) is 0.504. The molecule has 1 unspecified atom stereocenters. The second-order valence-electron chi connectivity index (χ2n) is 6.24. The van der Waals surface area contributed by atoms with Crippen LogP contribution in [-0.4, -0.2) is 70.6 Å². The quantitative estimate of drug-likeness (QED) is 0.765. The second-order valence-corrected chi connectivity index (χ2v) is 10.6. The average Bonchev–Trinajstić information content (AvgIpc) is 2.86. The number of aryl methyl sites for hydroxylation is 1. The molecular formula is C15H22N2O5S2. The maximum atomic E-state index is 12.6. The van der Waals surface area contributed by atoms with Gasteiger partial charge in [-0.3, -0.25) is 4.79 Å². The van der Waals surface area contributed by atoms with Crippen LogP contribution in [0.3, 0.4) is 0 Å². The molecule has 0 N–H and O–H groups in total. The second kappa shape index (κ2) is 6.45. The molecule has 1 amide bonds. The molecule has 134 valence electrons. The molecule has 7 nitrogen and oxygen atoms in total. The first-order chi connectivity index (χ1) is 11.0. The van der Waals surface area contributed by atoms with Crippen LogP contribution in [0.5, 0.6) is 0 Å². The van der Waals surface area contributed by atoms with E-state index in [9.17, 15) is 21.6 Å². The molecule has 0 bridgehead atoms. The molecular weight excluding hydrogens is 352 g/mol. The van der Waals surface area contributed by atoms with Crippen molar-refractivity contribution in [2.45, 2.75) is 24.3 Å². The number of rotatable bonds is 4. The molecule has 2 rings (SSSR count). The fourth-order valence-corrected chi connectivity index (χ4v) is 5.58. The lowest BCUT2D eigenvalue weighted by Crippen LogP contribution is -2.38. The van der Waals surface area contributed by atoms with Crippen LogP contribution in [0.15, 0.2) is 23.1 Å². The Morgan fingerprint density at radius 2 is 1.83 bits per heavy atom. The van der Waals surface area contributed by atoms with Crippen LogP contribution < -0.4 is 0 Å². The van der Waals surface area contributed by atoms with Crippen molar-refractivity contribution in [2.75, 3.05) is 32.6 Å². The number of amides is 1. The van der Waals surface area contributed by atoms with E-state index in [1.165, 1.54) is 25.1 Å². The lowest BCUT2D eigenvalue weighted by molar-refractivity contribution is 0.0747. The van der Waals surface area contributed by atoms with Crippen molar-refractivity contribution in [2.24, 2.45) is 0 Å². The highest BCUT2D eigenvalue weighted by Gasteiger charge is 2.33. The van der Waals surface area contributed by atoms with Crippen LogP contribution in [0.2, 0.25) is 0 Å². The van der Waals surface area contributed by atoms with E-state index < -0.39 is 19.9 Å². The Morgan fingerprint density at radius 1 is 1.21 bits per heavy atom. The SMILES string of the molecule is Cc1ccc(C(=O)N(C)C2CCS(=O)(=O)C2)cc1S(=O)(=O)N(C)C. The van der Waals surface area contributed by atoms with Crippen molar-refractivity contribution < 1.29 is 21.6 Å². The van der Waals surface area contributed by atoms with Crippen LogP contribution in [0.4, 0.5) is 0 Å². The van der Waals surface area contributed by atoms with E-state index in [2.05, 4.69) is 0 Å². The first-order valence-electron chi connectivity index (χ1n) is 7.46. The number of carbonyl (C=O) groups is 1. The molecule has 1 heterocycles. The molecule has 0 aliphatic carbocycles. The van der Waals surface area contributed by atoms with E-state index in [0.29, 0.717) is 12.0 Å². The highest BCUT2D eigenvalue weighted by atomic mass is 32.2. The molecule has 1 fully saturated rings. The Bertz CT molecular complexity index is 860. The van der Waals surface area contributed by atoms with Crippen LogP contribution in [0.1, 0.15) is 22.3 Å². The van der Waals surface area contributed by atoms with Crippen LogP contribution in [0.25, 0.3) is 0 Å². The number of sulfone groups is 1. The first kappa shape index (κ1) is 18.9. The summed E-state index contributed by atoms with van der Waals surface area (Å²) in [5.41, 5.74) is 0.777. The van der Waals surface area contributed by atoms with E-state index in [0.717, 1.165) is 4.31 Å². The molecule has 24 heavy (non-hydrogen) atoms. The van der Waals surface area contributed by atoms with Crippen molar-refractivity contribution >= 4 is 25.8 Å². The number of hydrogen-bond donors (Lipinski definition) is 0. The fraction of sp³-hybridized carbons (Fsp3) is 0.533. The summed E-state index contributed by atoms with van der Waals surface area (Å²) in [6.45, 7) is 1.66. The van der Waals surface area contributed by atoms with Gasteiger partial charge >= 0.3 is 0 Å². The average molecular weight is 374 g/mol. The van der Waals surface area contributed by atoms with Gasteiger partial charge in [0.1, 0.15) is 0 Å². The van der Waals surface area contributed by atoms with E-state index >= 15 is 0 Å². The Kier molecular flexibility index (Phi) is 5.08. The van der Waals surface area contributed by atoms with Gasteiger partial charge in [-0.15, -0.1) is 0 Å². The van der Waals surface area contributed by atoms with Crippen molar-refractivity contribution in [3.8, 4) is 0 Å². The van der Waals surface area contributed by atoms with Crippen LogP contribution in [-0.2, 0) is 19.9 Å². The Morgan fingerprint density at radius 3 is 2.33 bits per heavy atom. The lowest BCUT2D eigenvalue weighted by Gasteiger charge is -2.24. The molecule has 0 aromatic heterocycles. The molecule has 1 atom stereocenters. The van der Waals surface area contributed by atoms with Gasteiger partial charge < -0.3 is 4.90 Å². The third-order valence-corrected chi connectivity index (χ3v) is 7.98. The number of benzene rings is 1. The molecule has 0 spiro atoms. The highest BCUT2D eigenvalue weighted by molar-refractivity contribution is 7.91. The minimum absolute atomic E-state index is 0.0516. The summed E-state index contributed by atoms with van der Waals surface area (Å²) in [4.78, 5) is 14.1. The van der Waals surface area contributed by atoms with Gasteiger partial charge in [0, 0.05) is 32.7 Å². The number of carbonyl (C=O) groups excluding carboxylic acids is 1. The third-order valence-electron chi connectivity index (χ3n) is 4.27. The van der Waals surface area contributed by atoms with Crippen molar-refractivity contribution in [3.63, 3.8) is 0 Å². The zero-order chi connectivity index (χ0) is 18.3. The summed E-state index contributed by atoms with van der Waals surface area (Å²) in [7, 11) is -2.35. The molecule has 1 aliphatic rings. The summed E-state index contributed by atoms with van der Waals surface area (Å²) in [5, 5.41) is 0.